The lowest BCUT2D eigenvalue weighted by molar-refractivity contribution is 0.0684. The predicted octanol–water partition coefficient (Wildman–Crippen LogP) is 6.36. The van der Waals surface area contributed by atoms with Crippen molar-refractivity contribution < 1.29 is 14.6 Å². The molecule has 0 radical (unpaired) electrons. The van der Waals surface area contributed by atoms with Crippen LogP contribution in [0, 0.1) is 6.92 Å². The number of hydrogen-bond acceptors (Lipinski definition) is 4. The minimum atomic E-state index is -0.925. The molecule has 5 aromatic rings. The molecule has 1 aliphatic rings. The van der Waals surface area contributed by atoms with Crippen molar-refractivity contribution in [1.82, 2.24) is 19.7 Å². The fraction of sp³-hybridized carbons (Fsp3) is 0.290. The SMILES string of the molecule is Cc1c2c(nn1C)CNCCCn1c(C(=O)O)c(CCCOc3cccc4ccccc34)c3ccc(Cl)c-2c31. The van der Waals surface area contributed by atoms with E-state index in [1.807, 2.05) is 59.6 Å². The van der Waals surface area contributed by atoms with Crippen molar-refractivity contribution in [2.45, 2.75) is 39.3 Å². The second-order valence-corrected chi connectivity index (χ2v) is 10.5. The van der Waals surface area contributed by atoms with Crippen LogP contribution in [0.3, 0.4) is 0 Å². The van der Waals surface area contributed by atoms with Crippen LogP contribution in [0.4, 0.5) is 0 Å². The van der Waals surface area contributed by atoms with E-state index in [0.717, 1.165) is 68.5 Å². The third-order valence-electron chi connectivity index (χ3n) is 7.74. The zero-order valence-electron chi connectivity index (χ0n) is 22.1. The van der Waals surface area contributed by atoms with Gasteiger partial charge in [0.25, 0.3) is 0 Å². The molecular formula is C31H31ClN4O3. The van der Waals surface area contributed by atoms with Crippen LogP contribution in [0.15, 0.2) is 54.6 Å². The van der Waals surface area contributed by atoms with Gasteiger partial charge in [0.1, 0.15) is 11.4 Å². The van der Waals surface area contributed by atoms with Gasteiger partial charge in [0.05, 0.1) is 22.8 Å². The average Bonchev–Trinajstić information content (AvgIpc) is 3.39. The van der Waals surface area contributed by atoms with Crippen molar-refractivity contribution in [3.63, 3.8) is 0 Å². The van der Waals surface area contributed by atoms with E-state index in [9.17, 15) is 9.90 Å². The Hall–Kier alpha value is -3.81. The van der Waals surface area contributed by atoms with Crippen molar-refractivity contribution in [1.29, 1.82) is 0 Å². The second kappa shape index (κ2) is 10.4. The molecule has 8 heteroatoms. The van der Waals surface area contributed by atoms with Crippen LogP contribution in [0.5, 0.6) is 5.75 Å². The summed E-state index contributed by atoms with van der Waals surface area (Å²) in [5, 5.41) is 22.4. The molecular weight excluding hydrogens is 512 g/mol. The molecule has 0 saturated heterocycles. The Morgan fingerprint density at radius 2 is 1.92 bits per heavy atom. The van der Waals surface area contributed by atoms with E-state index >= 15 is 0 Å². The molecule has 0 unspecified atom stereocenters. The minimum Gasteiger partial charge on any atom is -0.493 e. The van der Waals surface area contributed by atoms with E-state index in [2.05, 4.69) is 23.5 Å². The number of benzene rings is 3. The van der Waals surface area contributed by atoms with Gasteiger partial charge >= 0.3 is 5.97 Å². The Balaban J connectivity index is 1.42. The van der Waals surface area contributed by atoms with Crippen LogP contribution in [0.2, 0.25) is 5.02 Å². The number of aryl methyl sites for hydroxylation is 3. The number of aromatic nitrogens is 3. The number of carboxylic acid groups (broad SMARTS) is 1. The number of rotatable bonds is 6. The Bertz CT molecular complexity index is 1710. The fourth-order valence-electron chi connectivity index (χ4n) is 5.90. The first-order chi connectivity index (χ1) is 19.0. The van der Waals surface area contributed by atoms with E-state index in [1.165, 1.54) is 0 Å². The molecule has 0 atom stereocenters. The lowest BCUT2D eigenvalue weighted by Crippen LogP contribution is -2.20. The Morgan fingerprint density at radius 3 is 2.77 bits per heavy atom. The standard InChI is InChI=1S/C31H31ClN4O3/c1-19-27-25(34-35(19)2)18-33-15-7-16-36-29-23(13-14-24(32)28(27)29)22(30(36)31(37)38)11-6-17-39-26-12-5-9-20-8-3-4-10-21(20)26/h3-5,8-10,12-14,33H,6-7,11,15-18H2,1-2H3,(H,37,38). The molecule has 0 bridgehead atoms. The van der Waals surface area contributed by atoms with E-state index < -0.39 is 5.97 Å². The molecule has 39 heavy (non-hydrogen) atoms. The average molecular weight is 543 g/mol. The van der Waals surface area contributed by atoms with E-state index in [0.29, 0.717) is 43.3 Å². The second-order valence-electron chi connectivity index (χ2n) is 10.1. The highest BCUT2D eigenvalue weighted by atomic mass is 35.5. The molecule has 2 N–H and O–H groups in total. The maximum absolute atomic E-state index is 12.7. The molecule has 7 nitrogen and oxygen atoms in total. The zero-order valence-corrected chi connectivity index (χ0v) is 22.9. The maximum Gasteiger partial charge on any atom is 0.352 e. The largest absolute Gasteiger partial charge is 0.493 e. The van der Waals surface area contributed by atoms with Gasteiger partial charge in [0, 0.05) is 47.7 Å². The van der Waals surface area contributed by atoms with Gasteiger partial charge in [-0.3, -0.25) is 4.68 Å². The lowest BCUT2D eigenvalue weighted by atomic mass is 9.98. The van der Waals surface area contributed by atoms with Crippen LogP contribution in [-0.4, -0.2) is 38.6 Å². The molecule has 3 heterocycles. The summed E-state index contributed by atoms with van der Waals surface area (Å²) < 4.78 is 10.0. The van der Waals surface area contributed by atoms with Crippen LogP contribution in [-0.2, 0) is 26.6 Å². The topological polar surface area (TPSA) is 81.3 Å². The lowest BCUT2D eigenvalue weighted by Gasteiger charge is -2.16. The predicted molar refractivity (Wildman–Crippen MR) is 155 cm³/mol. The summed E-state index contributed by atoms with van der Waals surface area (Å²) in [4.78, 5) is 12.7. The summed E-state index contributed by atoms with van der Waals surface area (Å²) in [7, 11) is 1.93. The van der Waals surface area contributed by atoms with Gasteiger partial charge in [-0.25, -0.2) is 4.79 Å². The third kappa shape index (κ3) is 4.45. The van der Waals surface area contributed by atoms with Crippen LogP contribution in [0.1, 0.15) is 40.3 Å². The molecule has 3 aromatic carbocycles. The smallest absolute Gasteiger partial charge is 0.352 e. The van der Waals surface area contributed by atoms with Crippen LogP contribution < -0.4 is 10.1 Å². The molecule has 1 aliphatic heterocycles. The molecule has 2 aromatic heterocycles. The van der Waals surface area contributed by atoms with Gasteiger partial charge in [0.2, 0.25) is 0 Å². The van der Waals surface area contributed by atoms with Crippen LogP contribution >= 0.6 is 11.6 Å². The molecule has 200 valence electrons. The first-order valence-electron chi connectivity index (χ1n) is 13.4. The van der Waals surface area contributed by atoms with Gasteiger partial charge in [-0.2, -0.15) is 5.10 Å². The van der Waals surface area contributed by atoms with E-state index in [1.54, 1.807) is 0 Å². The quantitative estimate of drug-likeness (QED) is 0.244. The molecule has 0 fully saturated rings. The minimum absolute atomic E-state index is 0.336. The summed E-state index contributed by atoms with van der Waals surface area (Å²) >= 11 is 6.88. The van der Waals surface area contributed by atoms with Crippen molar-refractivity contribution in [2.24, 2.45) is 7.05 Å². The number of fused-ring (bicyclic) bond motifs is 3. The van der Waals surface area contributed by atoms with Crippen molar-refractivity contribution in [3.05, 3.63) is 82.3 Å². The van der Waals surface area contributed by atoms with Gasteiger partial charge < -0.3 is 19.7 Å². The first kappa shape index (κ1) is 25.5. The molecule has 0 saturated carbocycles. The highest BCUT2D eigenvalue weighted by Gasteiger charge is 2.28. The highest BCUT2D eigenvalue weighted by molar-refractivity contribution is 6.35. The maximum atomic E-state index is 12.7. The monoisotopic (exact) mass is 542 g/mol. The molecule has 0 spiro atoms. The fourth-order valence-corrected chi connectivity index (χ4v) is 6.15. The van der Waals surface area contributed by atoms with Gasteiger partial charge in [-0.1, -0.05) is 54.1 Å². The molecule has 6 rings (SSSR count). The Morgan fingerprint density at radius 1 is 1.10 bits per heavy atom. The van der Waals surface area contributed by atoms with Crippen molar-refractivity contribution in [2.75, 3.05) is 13.2 Å². The van der Waals surface area contributed by atoms with Gasteiger partial charge in [0.15, 0.2) is 0 Å². The summed E-state index contributed by atoms with van der Waals surface area (Å²) in [6, 6.07) is 18.1. The Kier molecular flexibility index (Phi) is 6.79. The number of hydrogen-bond donors (Lipinski definition) is 2. The molecule has 0 aliphatic carbocycles. The van der Waals surface area contributed by atoms with E-state index in [4.69, 9.17) is 21.4 Å². The summed E-state index contributed by atoms with van der Waals surface area (Å²) in [5.41, 5.74) is 5.79. The number of carbonyl (C=O) groups is 1. The van der Waals surface area contributed by atoms with Crippen molar-refractivity contribution in [3.8, 4) is 16.9 Å². The third-order valence-corrected chi connectivity index (χ3v) is 8.06. The summed E-state index contributed by atoms with van der Waals surface area (Å²) in [6.45, 7) is 4.49. The number of halogens is 1. The number of nitrogens with zero attached hydrogens (tertiary/aromatic N) is 3. The van der Waals surface area contributed by atoms with Crippen LogP contribution in [0.25, 0.3) is 32.8 Å². The number of aromatic carboxylic acids is 1. The van der Waals surface area contributed by atoms with Crippen molar-refractivity contribution >= 4 is 39.2 Å². The summed E-state index contributed by atoms with van der Waals surface area (Å²) in [6.07, 6.45) is 2.05. The normalized spacial score (nSPS) is 13.5. The number of carboxylic acids is 1. The number of ether oxygens (including phenoxy) is 1. The Labute approximate surface area is 232 Å². The summed E-state index contributed by atoms with van der Waals surface area (Å²) in [5.74, 6) is -0.0834. The first-order valence-corrected chi connectivity index (χ1v) is 13.7. The zero-order chi connectivity index (χ0) is 27.1. The molecule has 0 amide bonds. The van der Waals surface area contributed by atoms with E-state index in [-0.39, 0.29) is 0 Å². The highest BCUT2D eigenvalue weighted by Crippen LogP contribution is 2.42. The number of nitrogens with one attached hydrogen (secondary N) is 1. The van der Waals surface area contributed by atoms with Gasteiger partial charge in [-0.15, -0.1) is 0 Å². The van der Waals surface area contributed by atoms with Gasteiger partial charge in [-0.05, 0) is 55.8 Å².